The lowest BCUT2D eigenvalue weighted by molar-refractivity contribution is -0.169. The first-order valence-corrected chi connectivity index (χ1v) is 8.38. The molecule has 1 atom stereocenters. The van der Waals surface area contributed by atoms with Crippen LogP contribution in [0.15, 0.2) is 24.4 Å². The number of pyridine rings is 1. The molecule has 2 saturated heterocycles. The zero-order chi connectivity index (χ0) is 16.1. The molecule has 2 aliphatic rings. The summed E-state index contributed by atoms with van der Waals surface area (Å²) in [5.74, 6) is 1.47. The van der Waals surface area contributed by atoms with Crippen LogP contribution in [0.5, 0.6) is 0 Å². The fourth-order valence-electron chi connectivity index (χ4n) is 3.44. The highest BCUT2D eigenvalue weighted by Gasteiger charge is 2.53. The highest BCUT2D eigenvalue weighted by atomic mass is 16.5. The van der Waals surface area contributed by atoms with Crippen LogP contribution in [0.25, 0.3) is 0 Å². The Bertz CT molecular complexity index is 517. The Hall–Kier alpha value is -1.66. The number of likely N-dealkylation sites (tertiary alicyclic amines) is 1. The lowest BCUT2D eigenvalue weighted by Crippen LogP contribution is -2.66. The second kappa shape index (κ2) is 7.27. The third-order valence-corrected chi connectivity index (χ3v) is 4.76. The minimum Gasteiger partial charge on any atom is -0.372 e. The van der Waals surface area contributed by atoms with Gasteiger partial charge < -0.3 is 19.7 Å². The normalized spacial score (nSPS) is 22.1. The van der Waals surface area contributed by atoms with Crippen LogP contribution in [-0.2, 0) is 14.3 Å². The SMILES string of the molecule is CCOCC(=O)N1CC2(C1)OCC[C@@H]2CCNc1ccccn1. The van der Waals surface area contributed by atoms with Crippen molar-refractivity contribution in [2.45, 2.75) is 25.4 Å². The Morgan fingerprint density at radius 3 is 3.13 bits per heavy atom. The molecule has 3 rings (SSSR count). The van der Waals surface area contributed by atoms with Gasteiger partial charge in [0.05, 0.1) is 13.1 Å². The molecule has 6 nitrogen and oxygen atoms in total. The average Bonchev–Trinajstić information content (AvgIpc) is 2.96. The molecule has 1 aromatic heterocycles. The van der Waals surface area contributed by atoms with Gasteiger partial charge in [-0.3, -0.25) is 4.79 Å². The van der Waals surface area contributed by atoms with E-state index in [-0.39, 0.29) is 18.1 Å². The van der Waals surface area contributed by atoms with E-state index < -0.39 is 0 Å². The molecular formula is C17H25N3O3. The number of nitrogens with zero attached hydrogens (tertiary/aromatic N) is 2. The fourth-order valence-corrected chi connectivity index (χ4v) is 3.44. The van der Waals surface area contributed by atoms with E-state index >= 15 is 0 Å². The zero-order valence-corrected chi connectivity index (χ0v) is 13.7. The average molecular weight is 319 g/mol. The van der Waals surface area contributed by atoms with Crippen molar-refractivity contribution in [1.82, 2.24) is 9.88 Å². The van der Waals surface area contributed by atoms with Crippen molar-refractivity contribution in [2.75, 3.05) is 44.8 Å². The Morgan fingerprint density at radius 1 is 1.52 bits per heavy atom. The summed E-state index contributed by atoms with van der Waals surface area (Å²) < 4.78 is 11.2. The van der Waals surface area contributed by atoms with Gasteiger partial charge in [0.2, 0.25) is 5.91 Å². The highest BCUT2D eigenvalue weighted by molar-refractivity contribution is 5.78. The Balaban J connectivity index is 1.45. The molecule has 1 aromatic rings. The minimum absolute atomic E-state index is 0.0679. The molecule has 3 heterocycles. The number of carbonyl (C=O) groups is 1. The van der Waals surface area contributed by atoms with Crippen molar-refractivity contribution in [3.05, 3.63) is 24.4 Å². The van der Waals surface area contributed by atoms with Gasteiger partial charge in [0.15, 0.2) is 0 Å². The number of aromatic nitrogens is 1. The number of nitrogens with one attached hydrogen (secondary N) is 1. The topological polar surface area (TPSA) is 63.7 Å². The largest absolute Gasteiger partial charge is 0.372 e. The van der Waals surface area contributed by atoms with Crippen molar-refractivity contribution < 1.29 is 14.3 Å². The summed E-state index contributed by atoms with van der Waals surface area (Å²) in [6.45, 7) is 5.72. The van der Waals surface area contributed by atoms with Crippen molar-refractivity contribution >= 4 is 11.7 Å². The summed E-state index contributed by atoms with van der Waals surface area (Å²) in [4.78, 5) is 18.1. The van der Waals surface area contributed by atoms with Gasteiger partial charge in [-0.25, -0.2) is 4.98 Å². The van der Waals surface area contributed by atoms with E-state index in [2.05, 4.69) is 10.3 Å². The van der Waals surface area contributed by atoms with E-state index in [1.54, 1.807) is 6.20 Å². The number of hydrogen-bond donors (Lipinski definition) is 1. The smallest absolute Gasteiger partial charge is 0.248 e. The summed E-state index contributed by atoms with van der Waals surface area (Å²) in [7, 11) is 0. The van der Waals surface area contributed by atoms with Crippen molar-refractivity contribution in [2.24, 2.45) is 5.92 Å². The van der Waals surface area contributed by atoms with E-state index in [4.69, 9.17) is 9.47 Å². The van der Waals surface area contributed by atoms with Gasteiger partial charge in [-0.1, -0.05) is 6.07 Å². The predicted octanol–water partition coefficient (Wildman–Crippen LogP) is 1.54. The first kappa shape index (κ1) is 16.2. The van der Waals surface area contributed by atoms with Crippen LogP contribution in [0.1, 0.15) is 19.8 Å². The third kappa shape index (κ3) is 3.64. The van der Waals surface area contributed by atoms with E-state index in [1.807, 2.05) is 30.0 Å². The number of amides is 1. The van der Waals surface area contributed by atoms with Gasteiger partial charge in [0, 0.05) is 26.0 Å². The van der Waals surface area contributed by atoms with Crippen LogP contribution in [0.3, 0.4) is 0 Å². The summed E-state index contributed by atoms with van der Waals surface area (Å²) in [6, 6.07) is 5.86. The molecule has 1 N–H and O–H groups in total. The molecule has 2 fully saturated rings. The number of ether oxygens (including phenoxy) is 2. The van der Waals surface area contributed by atoms with Gasteiger partial charge in [-0.05, 0) is 37.8 Å². The molecular weight excluding hydrogens is 294 g/mol. The van der Waals surface area contributed by atoms with Gasteiger partial charge in [0.1, 0.15) is 18.0 Å². The maximum Gasteiger partial charge on any atom is 0.248 e. The molecule has 0 aromatic carbocycles. The number of hydrogen-bond acceptors (Lipinski definition) is 5. The first-order valence-electron chi connectivity index (χ1n) is 8.38. The van der Waals surface area contributed by atoms with Crippen LogP contribution >= 0.6 is 0 Å². The summed E-state index contributed by atoms with van der Waals surface area (Å²) >= 11 is 0. The minimum atomic E-state index is -0.131. The Kier molecular flexibility index (Phi) is 5.13. The highest BCUT2D eigenvalue weighted by Crippen LogP contribution is 2.41. The predicted molar refractivity (Wildman–Crippen MR) is 87.2 cm³/mol. The van der Waals surface area contributed by atoms with E-state index in [0.717, 1.165) is 31.8 Å². The molecule has 1 spiro atoms. The van der Waals surface area contributed by atoms with Crippen molar-refractivity contribution in [3.63, 3.8) is 0 Å². The van der Waals surface area contributed by atoms with Crippen LogP contribution in [0.2, 0.25) is 0 Å². The van der Waals surface area contributed by atoms with Gasteiger partial charge in [-0.15, -0.1) is 0 Å². The van der Waals surface area contributed by atoms with Crippen LogP contribution in [0, 0.1) is 5.92 Å². The monoisotopic (exact) mass is 319 g/mol. The molecule has 23 heavy (non-hydrogen) atoms. The molecule has 6 heteroatoms. The van der Waals surface area contributed by atoms with Crippen molar-refractivity contribution in [1.29, 1.82) is 0 Å². The van der Waals surface area contributed by atoms with Gasteiger partial charge in [0.25, 0.3) is 0 Å². The maximum atomic E-state index is 12.0. The van der Waals surface area contributed by atoms with Gasteiger partial charge in [-0.2, -0.15) is 0 Å². The fraction of sp³-hybridized carbons (Fsp3) is 0.647. The summed E-state index contributed by atoms with van der Waals surface area (Å²) in [5, 5.41) is 3.35. The maximum absolute atomic E-state index is 12.0. The van der Waals surface area contributed by atoms with E-state index in [1.165, 1.54) is 0 Å². The summed E-state index contributed by atoms with van der Waals surface area (Å²) in [6.07, 6.45) is 3.89. The van der Waals surface area contributed by atoms with Crippen LogP contribution in [-0.4, -0.2) is 60.8 Å². The second-order valence-electron chi connectivity index (χ2n) is 6.22. The number of anilines is 1. The number of carbonyl (C=O) groups excluding carboxylic acids is 1. The molecule has 2 aliphatic heterocycles. The second-order valence-corrected chi connectivity index (χ2v) is 6.22. The van der Waals surface area contributed by atoms with E-state index in [9.17, 15) is 4.79 Å². The third-order valence-electron chi connectivity index (χ3n) is 4.76. The van der Waals surface area contributed by atoms with Gasteiger partial charge >= 0.3 is 0 Å². The quantitative estimate of drug-likeness (QED) is 0.826. The lowest BCUT2D eigenvalue weighted by Gasteiger charge is -2.50. The van der Waals surface area contributed by atoms with Crippen LogP contribution < -0.4 is 5.32 Å². The lowest BCUT2D eigenvalue weighted by atomic mass is 9.79. The molecule has 0 aliphatic carbocycles. The molecule has 126 valence electrons. The molecule has 1 amide bonds. The zero-order valence-electron chi connectivity index (χ0n) is 13.7. The Labute approximate surface area is 137 Å². The molecule has 0 unspecified atom stereocenters. The molecule has 0 radical (unpaired) electrons. The van der Waals surface area contributed by atoms with Crippen molar-refractivity contribution in [3.8, 4) is 0 Å². The molecule has 0 bridgehead atoms. The standard InChI is InChI=1S/C17H25N3O3/c1-2-22-11-16(21)20-12-17(13-20)14(7-10-23-17)6-9-19-15-5-3-4-8-18-15/h3-5,8,14H,2,6-7,9-13H2,1H3,(H,18,19)/t14-/m0/s1. The van der Waals surface area contributed by atoms with Crippen LogP contribution in [0.4, 0.5) is 5.82 Å². The first-order chi connectivity index (χ1) is 11.2. The summed E-state index contributed by atoms with van der Waals surface area (Å²) in [5.41, 5.74) is -0.131. The number of rotatable bonds is 7. The van der Waals surface area contributed by atoms with E-state index in [0.29, 0.717) is 25.6 Å². The Morgan fingerprint density at radius 2 is 2.39 bits per heavy atom. The molecule has 0 saturated carbocycles.